The summed E-state index contributed by atoms with van der Waals surface area (Å²) >= 11 is 0.723. The molecule has 0 spiro atoms. The molecule has 0 aliphatic carbocycles. The number of anilines is 1. The average Bonchev–Trinajstić information content (AvgIpc) is 3.19. The molecular weight excluding hydrogens is 541 g/mol. The summed E-state index contributed by atoms with van der Waals surface area (Å²) in [7, 11) is 0. The van der Waals surface area contributed by atoms with Crippen LogP contribution in [0.2, 0.25) is 0 Å². The maximum atomic E-state index is 13.2. The van der Waals surface area contributed by atoms with Gasteiger partial charge in [0.15, 0.2) is 4.80 Å². The van der Waals surface area contributed by atoms with Crippen LogP contribution in [0.1, 0.15) is 18.0 Å². The molecule has 0 bridgehead atoms. The number of carbonyl (C=O) groups excluding carboxylic acids is 1. The highest BCUT2D eigenvalue weighted by Crippen LogP contribution is 2.37. The maximum absolute atomic E-state index is 13.2. The monoisotopic (exact) mass is 562 g/mol. The van der Waals surface area contributed by atoms with Crippen LogP contribution >= 0.6 is 11.3 Å². The van der Waals surface area contributed by atoms with Crippen molar-refractivity contribution in [2.75, 3.05) is 37.6 Å². The second-order valence-corrected chi connectivity index (χ2v) is 10.1. The predicted molar refractivity (Wildman–Crippen MR) is 126 cm³/mol. The van der Waals surface area contributed by atoms with Crippen molar-refractivity contribution in [3.05, 3.63) is 52.6 Å². The molecule has 2 aromatic carbocycles. The first kappa shape index (κ1) is 26.5. The molecule has 3 aromatic rings. The molecule has 1 amide bonds. The number of nitrogens with zero attached hydrogens (tertiary/aromatic N) is 4. The number of benzene rings is 2. The highest BCUT2D eigenvalue weighted by atomic mass is 32.1. The van der Waals surface area contributed by atoms with E-state index < -0.39 is 24.2 Å². The molecule has 1 atom stereocenters. The number of hydrogen-bond acceptors (Lipinski definition) is 5. The third-order valence-electron chi connectivity index (χ3n) is 6.59. The molecule has 2 aliphatic rings. The van der Waals surface area contributed by atoms with Crippen LogP contribution in [0.25, 0.3) is 10.2 Å². The van der Waals surface area contributed by atoms with Gasteiger partial charge >= 0.3 is 18.4 Å². The van der Waals surface area contributed by atoms with Gasteiger partial charge in [0.05, 0.1) is 10.2 Å². The number of aryl methyl sites for hydroxylation is 1. The van der Waals surface area contributed by atoms with Crippen LogP contribution in [0, 0.1) is 5.82 Å². The summed E-state index contributed by atoms with van der Waals surface area (Å²) < 4.78 is 96.6. The number of alkyl halides is 6. The summed E-state index contributed by atoms with van der Waals surface area (Å²) in [6, 6.07) is 8.16. The maximum Gasteiger partial charge on any atom is 0.573 e. The Labute approximate surface area is 215 Å². The molecule has 1 fully saturated rings. The van der Waals surface area contributed by atoms with E-state index in [9.17, 15) is 35.5 Å². The van der Waals surface area contributed by atoms with Crippen LogP contribution < -0.4 is 14.4 Å². The third-order valence-corrected chi connectivity index (χ3v) is 7.60. The van der Waals surface area contributed by atoms with Crippen molar-refractivity contribution in [3.8, 4) is 5.75 Å². The van der Waals surface area contributed by atoms with E-state index in [1.807, 2.05) is 0 Å². The number of aromatic nitrogens is 1. The lowest BCUT2D eigenvalue weighted by Gasteiger charge is -2.38. The summed E-state index contributed by atoms with van der Waals surface area (Å²) in [5, 5.41) is 0. The second-order valence-electron chi connectivity index (χ2n) is 9.10. The van der Waals surface area contributed by atoms with Crippen LogP contribution in [0.4, 0.5) is 36.4 Å². The van der Waals surface area contributed by atoms with E-state index in [1.165, 1.54) is 18.2 Å². The fourth-order valence-electron chi connectivity index (χ4n) is 4.94. The van der Waals surface area contributed by atoms with Crippen molar-refractivity contribution in [2.24, 2.45) is 4.99 Å². The van der Waals surface area contributed by atoms with E-state index in [2.05, 4.69) is 19.5 Å². The van der Waals surface area contributed by atoms with Crippen LogP contribution in [0.3, 0.4) is 0 Å². The Bertz CT molecular complexity index is 1400. The van der Waals surface area contributed by atoms with Gasteiger partial charge in [-0.1, -0.05) is 11.3 Å². The zero-order valence-corrected chi connectivity index (χ0v) is 20.5. The van der Waals surface area contributed by atoms with Crippen LogP contribution in [0.15, 0.2) is 41.4 Å². The normalized spacial score (nSPS) is 19.3. The van der Waals surface area contributed by atoms with Gasteiger partial charge in [-0.3, -0.25) is 9.69 Å². The molecule has 0 N–H and O–H groups in total. The summed E-state index contributed by atoms with van der Waals surface area (Å²) in [6.45, 7) is 3.04. The zero-order chi connectivity index (χ0) is 27.2. The summed E-state index contributed by atoms with van der Waals surface area (Å²) in [5.41, 5.74) is 1.82. The SMILES string of the molecule is O=C(/N=c1/sc2cc(OC(F)(F)F)cc3c2n1C(CN1CCN(c2ccc(F)cc2)CC1)CC3)C(F)(F)F. The van der Waals surface area contributed by atoms with Crippen molar-refractivity contribution in [3.63, 3.8) is 0 Å². The van der Waals surface area contributed by atoms with Crippen molar-refractivity contribution in [1.82, 2.24) is 9.47 Å². The van der Waals surface area contributed by atoms with Gasteiger partial charge in [0, 0.05) is 44.5 Å². The van der Waals surface area contributed by atoms with Gasteiger partial charge in [-0.15, -0.1) is 13.2 Å². The molecule has 0 radical (unpaired) electrons. The van der Waals surface area contributed by atoms with Crippen LogP contribution in [-0.4, -0.2) is 60.6 Å². The highest BCUT2D eigenvalue weighted by molar-refractivity contribution is 7.16. The minimum absolute atomic E-state index is 0.220. The van der Waals surface area contributed by atoms with Gasteiger partial charge in [-0.25, -0.2) is 4.39 Å². The number of rotatable bonds is 4. The van der Waals surface area contributed by atoms with Gasteiger partial charge in [0.1, 0.15) is 11.6 Å². The lowest BCUT2D eigenvalue weighted by Crippen LogP contribution is -2.48. The molecule has 0 saturated carbocycles. The third kappa shape index (κ3) is 5.65. The number of halogens is 7. The summed E-state index contributed by atoms with van der Waals surface area (Å²) in [5.74, 6) is -3.08. The number of thiazole rings is 1. The Hall–Kier alpha value is -3.13. The quantitative estimate of drug-likeness (QED) is 0.419. The minimum atomic E-state index is -5.18. The molecule has 5 rings (SSSR count). The average molecular weight is 563 g/mol. The van der Waals surface area contributed by atoms with Gasteiger partial charge in [-0.2, -0.15) is 18.2 Å². The van der Waals surface area contributed by atoms with E-state index in [1.54, 1.807) is 16.7 Å². The van der Waals surface area contributed by atoms with E-state index in [0.29, 0.717) is 56.6 Å². The summed E-state index contributed by atoms with van der Waals surface area (Å²) in [4.78, 5) is 19.1. The van der Waals surface area contributed by atoms with Gasteiger partial charge < -0.3 is 14.2 Å². The van der Waals surface area contributed by atoms with E-state index in [4.69, 9.17) is 0 Å². The molecule has 2 aliphatic heterocycles. The number of ether oxygens (including phenoxy) is 1. The first-order valence-corrected chi connectivity index (χ1v) is 12.5. The number of hydrogen-bond donors (Lipinski definition) is 0. The van der Waals surface area contributed by atoms with Crippen LogP contribution in [-0.2, 0) is 11.2 Å². The van der Waals surface area contributed by atoms with Crippen molar-refractivity contribution in [1.29, 1.82) is 0 Å². The number of amides is 1. The first-order valence-electron chi connectivity index (χ1n) is 11.7. The van der Waals surface area contributed by atoms with Gasteiger partial charge in [-0.05, 0) is 54.8 Å². The van der Waals surface area contributed by atoms with Crippen molar-refractivity contribution < 1.29 is 40.3 Å². The first-order chi connectivity index (χ1) is 17.9. The molecular formula is C24H21F7N4O2S. The molecule has 38 heavy (non-hydrogen) atoms. The lowest BCUT2D eigenvalue weighted by atomic mass is 9.98. The predicted octanol–water partition coefficient (Wildman–Crippen LogP) is 5.04. The molecule has 6 nitrogen and oxygen atoms in total. The molecule has 1 aromatic heterocycles. The molecule has 204 valence electrons. The smallest absolute Gasteiger partial charge is 0.406 e. The minimum Gasteiger partial charge on any atom is -0.406 e. The highest BCUT2D eigenvalue weighted by Gasteiger charge is 2.39. The fraction of sp³-hybridized carbons (Fsp3) is 0.417. The standard InChI is InChI=1S/C24H21F7N4O2S/c25-15-2-5-16(6-3-15)34-9-7-33(8-10-34)13-17-4-1-14-11-18(37-24(29,30)31)12-19-20(14)35(17)22(38-19)32-21(36)23(26,27)28/h2-3,5-6,11-12,17H,1,4,7-10,13H2/b32-22+. The van der Waals surface area contributed by atoms with E-state index in [0.717, 1.165) is 23.1 Å². The lowest BCUT2D eigenvalue weighted by molar-refractivity contribution is -0.274. The molecule has 14 heteroatoms. The van der Waals surface area contributed by atoms with Crippen molar-refractivity contribution >= 4 is 33.1 Å². The van der Waals surface area contributed by atoms with Crippen molar-refractivity contribution in [2.45, 2.75) is 31.4 Å². The summed E-state index contributed by atoms with van der Waals surface area (Å²) in [6.07, 6.45) is -9.30. The van der Waals surface area contributed by atoms with Crippen LogP contribution in [0.5, 0.6) is 5.75 Å². The molecule has 1 unspecified atom stereocenters. The number of carbonyl (C=O) groups is 1. The Kier molecular flexibility index (Phi) is 6.88. The largest absolute Gasteiger partial charge is 0.573 e. The molecule has 1 saturated heterocycles. The second kappa shape index (κ2) is 9.88. The number of piperazine rings is 1. The van der Waals surface area contributed by atoms with E-state index in [-0.39, 0.29) is 21.4 Å². The Morgan fingerprint density at radius 3 is 2.34 bits per heavy atom. The van der Waals surface area contributed by atoms with E-state index >= 15 is 0 Å². The topological polar surface area (TPSA) is 50.1 Å². The Morgan fingerprint density at radius 2 is 1.71 bits per heavy atom. The Morgan fingerprint density at radius 1 is 1.03 bits per heavy atom. The van der Waals surface area contributed by atoms with Gasteiger partial charge in [0.25, 0.3) is 0 Å². The fourth-order valence-corrected chi connectivity index (χ4v) is 6.11. The zero-order valence-electron chi connectivity index (χ0n) is 19.7. The Balaban J connectivity index is 1.44. The molecule has 3 heterocycles. The van der Waals surface area contributed by atoms with Gasteiger partial charge in [0.2, 0.25) is 0 Å².